The number of aromatic nitrogens is 7. The van der Waals surface area contributed by atoms with Gasteiger partial charge in [-0.25, -0.2) is 19.9 Å². The maximum atomic E-state index is 5.17. The van der Waals surface area contributed by atoms with Crippen LogP contribution in [0.25, 0.3) is 268 Å². The highest BCUT2D eigenvalue weighted by Gasteiger charge is 2.24. The fourth-order valence-corrected chi connectivity index (χ4v) is 21.6. The van der Waals surface area contributed by atoms with Gasteiger partial charge in [-0.15, -0.1) is 0 Å². The van der Waals surface area contributed by atoms with Gasteiger partial charge in [-0.1, -0.05) is 352 Å². The van der Waals surface area contributed by atoms with Gasteiger partial charge in [0, 0.05) is 87.5 Å². The zero-order valence-electron chi connectivity index (χ0n) is 72.1. The summed E-state index contributed by atoms with van der Waals surface area (Å²) in [6.07, 6.45) is 0. The van der Waals surface area contributed by atoms with Gasteiger partial charge in [0.15, 0.2) is 5.82 Å². The molecule has 0 aliphatic heterocycles. The summed E-state index contributed by atoms with van der Waals surface area (Å²) in [5, 5.41) is 36.5. The predicted molar refractivity (Wildman–Crippen MR) is 563 cm³/mol. The van der Waals surface area contributed by atoms with Crippen molar-refractivity contribution in [1.29, 1.82) is 0 Å². The van der Waals surface area contributed by atoms with E-state index in [0.717, 1.165) is 83.4 Å². The lowest BCUT2D eigenvalue weighted by molar-refractivity contribution is 1.17. The molecule has 0 saturated heterocycles. The molecule has 133 heavy (non-hydrogen) atoms. The number of para-hydroxylation sites is 6. The van der Waals surface area contributed by atoms with Crippen LogP contribution in [0.15, 0.2) is 467 Å². The van der Waals surface area contributed by atoms with Crippen LogP contribution in [-0.2, 0) is 0 Å². The second kappa shape index (κ2) is 30.5. The third-order valence-corrected chi connectivity index (χ3v) is 27.7. The van der Waals surface area contributed by atoms with Crippen molar-refractivity contribution in [2.75, 3.05) is 0 Å². The highest BCUT2D eigenvalue weighted by Crippen LogP contribution is 2.48. The minimum atomic E-state index is 0.716. The Bertz CT molecular complexity index is 9930. The molecule has 0 aliphatic rings. The fraction of sp³-hybridized carbons (Fsp3) is 0. The van der Waals surface area contributed by atoms with Crippen molar-refractivity contribution in [3.8, 4) is 62.2 Å². The second-order valence-electron chi connectivity index (χ2n) is 34.9. The molecule has 0 N–H and O–H groups in total. The largest absolute Gasteiger partial charge is 0.309 e. The molecule has 0 fully saturated rings. The number of hydrogen-bond acceptors (Lipinski definition) is 4. The summed E-state index contributed by atoms with van der Waals surface area (Å²) in [4.78, 5) is 20.2. The average molecular weight is 1690 g/mol. The standard InChI is InChI=1S/C44H27N3.C43H26N2.C39H24N2/c1-2-13-28(14-3-1)43-36-22-8-10-23-40(36)45-44(46-43)29-15-12-16-30(25-29)47-41-24-11-9-21-35(41)39-26-37-33-19-6-4-17-31(33)32-18-5-7-20-34(32)38(37)27-42(39)47;1-9-19-39-27(11-1)21-23-40(44-39)33-22-24-42(34-17-7-6-16-32(33)34)45-41-20-10-8-18-35(41)38-25-36-30-14-4-2-12-28(30)29-13-3-5-15-31(29)37(36)26-43(38)45;1-7-15-36-25(9-1)19-22-37(40-36)26-17-20-27(21-18-26)41-38-16-8-6-14-32(38)35-23-33-30-12-4-2-10-28(30)29-11-3-5-13-31(29)34(33)24-39(35)41/h1-27H;1-26H;1-24H. The van der Waals surface area contributed by atoms with Gasteiger partial charge in [-0.3, -0.25) is 0 Å². The molecule has 6 heterocycles. The lowest BCUT2D eigenvalue weighted by Crippen LogP contribution is -1.98. The van der Waals surface area contributed by atoms with Crippen molar-refractivity contribution in [1.82, 2.24) is 33.6 Å². The molecule has 0 aliphatic carbocycles. The quantitative estimate of drug-likeness (QED) is 0.149. The molecule has 23 aromatic carbocycles. The van der Waals surface area contributed by atoms with Gasteiger partial charge in [-0.05, 0) is 218 Å². The first kappa shape index (κ1) is 75.4. The molecule has 616 valence electrons. The van der Waals surface area contributed by atoms with Crippen molar-refractivity contribution < 1.29 is 0 Å². The highest BCUT2D eigenvalue weighted by atomic mass is 15.0. The predicted octanol–water partition coefficient (Wildman–Crippen LogP) is 33.6. The summed E-state index contributed by atoms with van der Waals surface area (Å²) < 4.78 is 7.27. The third-order valence-electron chi connectivity index (χ3n) is 27.7. The third kappa shape index (κ3) is 12.1. The Balaban J connectivity index is 0.000000102. The smallest absolute Gasteiger partial charge is 0.160 e. The van der Waals surface area contributed by atoms with Crippen LogP contribution < -0.4 is 0 Å². The molecule has 6 aromatic heterocycles. The number of fused-ring (bicyclic) bond motifs is 31. The molecular formula is C126H77N7. The number of rotatable bonds is 7. The summed E-state index contributed by atoms with van der Waals surface area (Å²) >= 11 is 0. The van der Waals surface area contributed by atoms with Crippen molar-refractivity contribution in [3.05, 3.63) is 467 Å². The van der Waals surface area contributed by atoms with E-state index in [9.17, 15) is 0 Å². The number of hydrogen-bond donors (Lipinski definition) is 0. The topological polar surface area (TPSA) is 66.3 Å². The molecular weight excluding hydrogens is 1610 g/mol. The van der Waals surface area contributed by atoms with Gasteiger partial charge in [0.05, 0.1) is 72.4 Å². The van der Waals surface area contributed by atoms with E-state index < -0.39 is 0 Å². The Morgan fingerprint density at radius 1 is 0.150 bits per heavy atom. The van der Waals surface area contributed by atoms with E-state index in [0.29, 0.717) is 5.82 Å². The van der Waals surface area contributed by atoms with Crippen molar-refractivity contribution >= 4 is 206 Å². The number of nitrogens with zero attached hydrogens (tertiary/aromatic N) is 7. The molecule has 0 unspecified atom stereocenters. The first-order valence-electron chi connectivity index (χ1n) is 45.6. The molecule has 0 spiro atoms. The fourth-order valence-electron chi connectivity index (χ4n) is 21.6. The Morgan fingerprint density at radius 3 is 0.970 bits per heavy atom. The van der Waals surface area contributed by atoms with E-state index >= 15 is 0 Å². The minimum Gasteiger partial charge on any atom is -0.309 e. The van der Waals surface area contributed by atoms with Gasteiger partial charge in [0.2, 0.25) is 0 Å². The molecule has 0 amide bonds. The van der Waals surface area contributed by atoms with Crippen LogP contribution in [0.1, 0.15) is 0 Å². The Hall–Kier alpha value is -17.8. The van der Waals surface area contributed by atoms with Crippen molar-refractivity contribution in [2.45, 2.75) is 0 Å². The van der Waals surface area contributed by atoms with Crippen LogP contribution in [0.3, 0.4) is 0 Å². The summed E-state index contributed by atoms with van der Waals surface area (Å²) in [5.74, 6) is 0.716. The summed E-state index contributed by atoms with van der Waals surface area (Å²) in [6, 6.07) is 168. The highest BCUT2D eigenvalue weighted by molar-refractivity contribution is 6.32. The zero-order valence-corrected chi connectivity index (χ0v) is 72.1. The Morgan fingerprint density at radius 2 is 0.496 bits per heavy atom. The van der Waals surface area contributed by atoms with E-state index in [2.05, 4.69) is 463 Å². The maximum absolute atomic E-state index is 5.17. The van der Waals surface area contributed by atoms with Crippen molar-refractivity contribution in [3.63, 3.8) is 0 Å². The van der Waals surface area contributed by atoms with Crippen LogP contribution in [0.2, 0.25) is 0 Å². The van der Waals surface area contributed by atoms with E-state index in [-0.39, 0.29) is 0 Å². The Labute approximate surface area is 763 Å². The Kier molecular flexibility index (Phi) is 17.3. The monoisotopic (exact) mass is 1690 g/mol. The first-order chi connectivity index (χ1) is 66.0. The summed E-state index contributed by atoms with van der Waals surface area (Å²) in [7, 11) is 0. The molecule has 0 atom stereocenters. The first-order valence-corrected chi connectivity index (χ1v) is 45.6. The summed E-state index contributed by atoms with van der Waals surface area (Å²) in [6.45, 7) is 0. The number of pyridine rings is 2. The molecule has 0 radical (unpaired) electrons. The van der Waals surface area contributed by atoms with Crippen molar-refractivity contribution in [2.24, 2.45) is 0 Å². The van der Waals surface area contributed by atoms with Crippen LogP contribution in [0, 0.1) is 0 Å². The molecule has 7 nitrogen and oxygen atoms in total. The lowest BCUT2D eigenvalue weighted by atomic mass is 9.93. The van der Waals surface area contributed by atoms with E-state index in [4.69, 9.17) is 19.9 Å². The molecule has 29 aromatic rings. The van der Waals surface area contributed by atoms with Crippen LogP contribution in [-0.4, -0.2) is 33.6 Å². The second-order valence-corrected chi connectivity index (χ2v) is 34.9. The minimum absolute atomic E-state index is 0.716. The molecule has 7 heteroatoms. The van der Waals surface area contributed by atoms with Crippen LogP contribution in [0.4, 0.5) is 0 Å². The lowest BCUT2D eigenvalue weighted by Gasteiger charge is -2.15. The normalized spacial score (nSPS) is 11.9. The van der Waals surface area contributed by atoms with Crippen LogP contribution in [0.5, 0.6) is 0 Å². The van der Waals surface area contributed by atoms with E-state index in [1.54, 1.807) is 0 Å². The number of benzene rings is 23. The van der Waals surface area contributed by atoms with E-state index in [1.807, 2.05) is 18.2 Å². The zero-order chi connectivity index (χ0) is 87.3. The molecule has 29 rings (SSSR count). The van der Waals surface area contributed by atoms with Gasteiger partial charge >= 0.3 is 0 Å². The van der Waals surface area contributed by atoms with Gasteiger partial charge in [0.25, 0.3) is 0 Å². The van der Waals surface area contributed by atoms with Gasteiger partial charge in [-0.2, -0.15) is 0 Å². The molecule has 0 bridgehead atoms. The molecule has 0 saturated carbocycles. The van der Waals surface area contributed by atoms with Gasteiger partial charge < -0.3 is 13.7 Å². The van der Waals surface area contributed by atoms with Crippen LogP contribution >= 0.6 is 0 Å². The summed E-state index contributed by atoms with van der Waals surface area (Å²) in [5.41, 5.74) is 20.8. The van der Waals surface area contributed by atoms with Gasteiger partial charge in [0.1, 0.15) is 0 Å². The van der Waals surface area contributed by atoms with E-state index in [1.165, 1.54) is 179 Å². The SMILES string of the molecule is c1ccc(-c2nc(-c3cccc(-n4c5ccccc5c5cc6c7ccccc7c7ccccc7c6cc54)c3)nc3ccccc23)cc1.c1ccc2nc(-c3ccc(-n4c5ccccc5c5cc6c7ccccc7c7ccccc7c6cc54)c4ccccc34)ccc2c1.c1ccc2nc(-c3ccc(-n4c5ccccc5c5cc6c7ccccc7c7ccccc7c6cc54)cc3)ccc2c1. The maximum Gasteiger partial charge on any atom is 0.160 e. The average Bonchev–Trinajstić information content (AvgIpc) is 1.56.